The second kappa shape index (κ2) is 4.40. The first-order valence-electron chi connectivity index (χ1n) is 4.11. The SMILES string of the molecule is N=C(N)c1ccc(CCC=O)cc1. The van der Waals surface area contributed by atoms with E-state index in [0.717, 1.165) is 23.8 Å². The fraction of sp³-hybridized carbons (Fsp3) is 0.200. The monoisotopic (exact) mass is 176 g/mol. The van der Waals surface area contributed by atoms with Gasteiger partial charge in [-0.15, -0.1) is 0 Å². The highest BCUT2D eigenvalue weighted by molar-refractivity contribution is 5.94. The Hall–Kier alpha value is -1.64. The molecule has 0 bridgehead atoms. The Morgan fingerprint density at radius 2 is 2.00 bits per heavy atom. The molecular weight excluding hydrogens is 164 g/mol. The third-order valence-corrected chi connectivity index (χ3v) is 1.82. The van der Waals surface area contributed by atoms with Crippen molar-refractivity contribution in [3.8, 4) is 0 Å². The summed E-state index contributed by atoms with van der Waals surface area (Å²) in [6.07, 6.45) is 2.19. The van der Waals surface area contributed by atoms with Gasteiger partial charge >= 0.3 is 0 Å². The molecule has 0 amide bonds. The van der Waals surface area contributed by atoms with Gasteiger partial charge in [0.1, 0.15) is 12.1 Å². The van der Waals surface area contributed by atoms with Gasteiger partial charge in [-0.3, -0.25) is 5.41 Å². The van der Waals surface area contributed by atoms with Crippen molar-refractivity contribution in [1.82, 2.24) is 0 Å². The number of hydrogen-bond acceptors (Lipinski definition) is 2. The molecule has 1 aromatic rings. The lowest BCUT2D eigenvalue weighted by molar-refractivity contribution is -0.107. The number of carbonyl (C=O) groups is 1. The molecule has 0 aromatic heterocycles. The maximum atomic E-state index is 10.1. The first-order chi connectivity index (χ1) is 6.24. The van der Waals surface area contributed by atoms with Crippen LogP contribution in [0.4, 0.5) is 0 Å². The molecule has 68 valence electrons. The van der Waals surface area contributed by atoms with Crippen LogP contribution in [-0.2, 0) is 11.2 Å². The lowest BCUT2D eigenvalue weighted by Gasteiger charge is -2.00. The van der Waals surface area contributed by atoms with E-state index in [9.17, 15) is 4.79 Å². The first-order valence-corrected chi connectivity index (χ1v) is 4.11. The number of amidine groups is 1. The molecular formula is C10H12N2O. The van der Waals surface area contributed by atoms with Gasteiger partial charge < -0.3 is 10.5 Å². The van der Waals surface area contributed by atoms with Crippen LogP contribution in [0.3, 0.4) is 0 Å². The Balaban J connectivity index is 2.69. The standard InChI is InChI=1S/C10H12N2O/c11-10(12)9-5-3-8(4-6-9)2-1-7-13/h3-7H,1-2H2,(H3,11,12). The second-order valence-corrected chi connectivity index (χ2v) is 2.82. The zero-order valence-electron chi connectivity index (χ0n) is 7.29. The summed E-state index contributed by atoms with van der Waals surface area (Å²) in [5.74, 6) is 0.0712. The van der Waals surface area contributed by atoms with Crippen LogP contribution in [-0.4, -0.2) is 12.1 Å². The summed E-state index contributed by atoms with van der Waals surface area (Å²) in [4.78, 5) is 10.1. The molecule has 1 aromatic carbocycles. The normalized spacial score (nSPS) is 9.54. The van der Waals surface area contributed by atoms with Crippen molar-refractivity contribution in [3.63, 3.8) is 0 Å². The molecule has 0 aliphatic heterocycles. The van der Waals surface area contributed by atoms with Crippen LogP contribution < -0.4 is 5.73 Å². The molecule has 0 saturated heterocycles. The van der Waals surface area contributed by atoms with E-state index in [-0.39, 0.29) is 5.84 Å². The topological polar surface area (TPSA) is 66.9 Å². The minimum absolute atomic E-state index is 0.0712. The summed E-state index contributed by atoms with van der Waals surface area (Å²) < 4.78 is 0. The number of carbonyl (C=O) groups excluding carboxylic acids is 1. The van der Waals surface area contributed by atoms with Gasteiger partial charge in [0.2, 0.25) is 0 Å². The quantitative estimate of drug-likeness (QED) is 0.410. The highest BCUT2D eigenvalue weighted by Crippen LogP contribution is 2.05. The van der Waals surface area contributed by atoms with Crippen LogP contribution in [0.2, 0.25) is 0 Å². The van der Waals surface area contributed by atoms with Crippen LogP contribution in [0.15, 0.2) is 24.3 Å². The largest absolute Gasteiger partial charge is 0.384 e. The van der Waals surface area contributed by atoms with E-state index < -0.39 is 0 Å². The number of hydrogen-bond donors (Lipinski definition) is 2. The molecule has 0 aliphatic carbocycles. The number of nitrogen functional groups attached to an aromatic ring is 1. The van der Waals surface area contributed by atoms with Crippen LogP contribution in [0.5, 0.6) is 0 Å². The minimum Gasteiger partial charge on any atom is -0.384 e. The molecule has 3 nitrogen and oxygen atoms in total. The van der Waals surface area contributed by atoms with E-state index in [0.29, 0.717) is 6.42 Å². The third-order valence-electron chi connectivity index (χ3n) is 1.82. The lowest BCUT2D eigenvalue weighted by Crippen LogP contribution is -2.10. The van der Waals surface area contributed by atoms with Gasteiger partial charge in [0.05, 0.1) is 0 Å². The van der Waals surface area contributed by atoms with Gasteiger partial charge in [-0.1, -0.05) is 24.3 Å². The summed E-state index contributed by atoms with van der Waals surface area (Å²) in [6.45, 7) is 0. The molecule has 0 spiro atoms. The van der Waals surface area contributed by atoms with Crippen molar-refractivity contribution in [3.05, 3.63) is 35.4 Å². The number of benzene rings is 1. The molecule has 0 radical (unpaired) electrons. The van der Waals surface area contributed by atoms with Gasteiger partial charge in [0.15, 0.2) is 0 Å². The summed E-state index contributed by atoms with van der Waals surface area (Å²) in [7, 11) is 0. The fourth-order valence-corrected chi connectivity index (χ4v) is 1.08. The second-order valence-electron chi connectivity index (χ2n) is 2.82. The number of rotatable bonds is 4. The number of nitrogens with one attached hydrogen (secondary N) is 1. The Morgan fingerprint density at radius 1 is 1.38 bits per heavy atom. The highest BCUT2D eigenvalue weighted by Gasteiger charge is 1.96. The van der Waals surface area contributed by atoms with Crippen LogP contribution in [0.25, 0.3) is 0 Å². The molecule has 0 fully saturated rings. The Kier molecular flexibility index (Phi) is 3.20. The summed E-state index contributed by atoms with van der Waals surface area (Å²) in [5, 5.41) is 7.17. The van der Waals surface area contributed by atoms with E-state index in [2.05, 4.69) is 0 Å². The Labute approximate surface area is 77.1 Å². The maximum absolute atomic E-state index is 10.1. The average Bonchev–Trinajstić information content (AvgIpc) is 2.15. The van der Waals surface area contributed by atoms with Crippen molar-refractivity contribution in [2.45, 2.75) is 12.8 Å². The molecule has 0 saturated carbocycles. The molecule has 0 heterocycles. The van der Waals surface area contributed by atoms with Crippen molar-refractivity contribution in [2.75, 3.05) is 0 Å². The van der Waals surface area contributed by atoms with Crippen molar-refractivity contribution in [1.29, 1.82) is 5.41 Å². The predicted molar refractivity (Wildman–Crippen MR) is 51.8 cm³/mol. The van der Waals surface area contributed by atoms with Gasteiger partial charge in [0.25, 0.3) is 0 Å². The zero-order valence-corrected chi connectivity index (χ0v) is 7.29. The van der Waals surface area contributed by atoms with E-state index in [1.54, 1.807) is 12.1 Å². The zero-order chi connectivity index (χ0) is 9.68. The van der Waals surface area contributed by atoms with Crippen molar-refractivity contribution in [2.24, 2.45) is 5.73 Å². The highest BCUT2D eigenvalue weighted by atomic mass is 16.1. The van der Waals surface area contributed by atoms with Gasteiger partial charge in [-0.25, -0.2) is 0 Å². The third kappa shape index (κ3) is 2.71. The Morgan fingerprint density at radius 3 is 2.46 bits per heavy atom. The predicted octanol–water partition coefficient (Wildman–Crippen LogP) is 1.10. The molecule has 0 aliphatic rings. The Bertz CT molecular complexity index is 303. The molecule has 3 N–H and O–H groups in total. The summed E-state index contributed by atoms with van der Waals surface area (Å²) in [6, 6.07) is 7.37. The maximum Gasteiger partial charge on any atom is 0.122 e. The summed E-state index contributed by atoms with van der Waals surface area (Å²) >= 11 is 0. The smallest absolute Gasteiger partial charge is 0.122 e. The molecule has 1 rings (SSSR count). The van der Waals surface area contributed by atoms with E-state index in [1.807, 2.05) is 12.1 Å². The fourth-order valence-electron chi connectivity index (χ4n) is 1.08. The van der Waals surface area contributed by atoms with E-state index >= 15 is 0 Å². The van der Waals surface area contributed by atoms with Crippen molar-refractivity contribution >= 4 is 12.1 Å². The molecule has 3 heteroatoms. The van der Waals surface area contributed by atoms with Gasteiger partial charge in [-0.2, -0.15) is 0 Å². The van der Waals surface area contributed by atoms with Gasteiger partial charge in [0, 0.05) is 12.0 Å². The van der Waals surface area contributed by atoms with Crippen LogP contribution >= 0.6 is 0 Å². The van der Waals surface area contributed by atoms with Crippen molar-refractivity contribution < 1.29 is 4.79 Å². The van der Waals surface area contributed by atoms with E-state index in [4.69, 9.17) is 11.1 Å². The number of aryl methyl sites for hydroxylation is 1. The number of aldehydes is 1. The molecule has 0 atom stereocenters. The lowest BCUT2D eigenvalue weighted by atomic mass is 10.1. The van der Waals surface area contributed by atoms with Gasteiger partial charge in [-0.05, 0) is 12.0 Å². The van der Waals surface area contributed by atoms with Crippen LogP contribution in [0, 0.1) is 5.41 Å². The van der Waals surface area contributed by atoms with E-state index in [1.165, 1.54) is 0 Å². The van der Waals surface area contributed by atoms with Crippen LogP contribution in [0.1, 0.15) is 17.5 Å². The molecule has 13 heavy (non-hydrogen) atoms. The minimum atomic E-state index is 0.0712. The summed E-state index contributed by atoms with van der Waals surface area (Å²) in [5.41, 5.74) is 7.10. The number of nitrogens with two attached hydrogens (primary N) is 1. The average molecular weight is 176 g/mol. The first kappa shape index (κ1) is 9.45. The molecule has 0 unspecified atom stereocenters.